The van der Waals surface area contributed by atoms with E-state index >= 15 is 0 Å². The van der Waals surface area contributed by atoms with Crippen molar-refractivity contribution in [1.29, 1.82) is 0 Å². The number of aromatic nitrogens is 2. The van der Waals surface area contributed by atoms with Gasteiger partial charge in [0.25, 0.3) is 11.8 Å². The summed E-state index contributed by atoms with van der Waals surface area (Å²) in [6.07, 6.45) is 5.64. The predicted molar refractivity (Wildman–Crippen MR) is 79.2 cm³/mol. The molecule has 2 N–H and O–H groups in total. The number of rotatable bonds is 3. The number of carbonyl (C=O) groups excluding carboxylic acids is 2. The number of likely N-dealkylation sites (tertiary alicyclic amines) is 1. The molecule has 2 amide bonds. The Labute approximate surface area is 126 Å². The number of primary amides is 1. The van der Waals surface area contributed by atoms with E-state index in [0.29, 0.717) is 16.3 Å². The molecule has 0 saturated carbocycles. The molecule has 110 valence electrons. The second-order valence-electron chi connectivity index (χ2n) is 5.06. The molecular formula is C14H16N4O2S. The van der Waals surface area contributed by atoms with E-state index in [9.17, 15) is 9.59 Å². The van der Waals surface area contributed by atoms with Crippen LogP contribution in [0, 0.1) is 0 Å². The quantitative estimate of drug-likeness (QED) is 0.933. The highest BCUT2D eigenvalue weighted by Crippen LogP contribution is 2.24. The largest absolute Gasteiger partial charge is 0.365 e. The van der Waals surface area contributed by atoms with Crippen LogP contribution in [0.1, 0.15) is 38.2 Å². The molecule has 3 rings (SSSR count). The van der Waals surface area contributed by atoms with Crippen LogP contribution in [-0.2, 0) is 0 Å². The number of amides is 2. The third kappa shape index (κ3) is 2.82. The van der Waals surface area contributed by atoms with Gasteiger partial charge in [0.2, 0.25) is 0 Å². The number of carbonyl (C=O) groups is 2. The highest BCUT2D eigenvalue weighted by molar-refractivity contribution is 7.15. The molecule has 1 aliphatic rings. The molecule has 2 aromatic rings. The standard InChI is InChI=1S/C14H16N4O2S/c15-13(19)11-4-5-12(21-11)14(20)17-7-1-3-10(9-17)18-8-2-6-16-18/h2,4-6,8,10H,1,3,7,9H2,(H2,15,19). The van der Waals surface area contributed by atoms with Crippen LogP contribution in [-0.4, -0.2) is 39.6 Å². The first kappa shape index (κ1) is 13.8. The van der Waals surface area contributed by atoms with Crippen LogP contribution in [0.5, 0.6) is 0 Å². The van der Waals surface area contributed by atoms with E-state index in [-0.39, 0.29) is 11.9 Å². The number of piperidine rings is 1. The van der Waals surface area contributed by atoms with Crippen LogP contribution < -0.4 is 5.73 Å². The van der Waals surface area contributed by atoms with E-state index in [1.54, 1.807) is 18.3 Å². The summed E-state index contributed by atoms with van der Waals surface area (Å²) in [5.41, 5.74) is 5.23. The smallest absolute Gasteiger partial charge is 0.264 e. The summed E-state index contributed by atoms with van der Waals surface area (Å²) < 4.78 is 1.91. The van der Waals surface area contributed by atoms with Crippen molar-refractivity contribution in [3.8, 4) is 0 Å². The van der Waals surface area contributed by atoms with Crippen molar-refractivity contribution in [1.82, 2.24) is 14.7 Å². The zero-order valence-corrected chi connectivity index (χ0v) is 12.3. The maximum Gasteiger partial charge on any atom is 0.264 e. The molecule has 1 unspecified atom stereocenters. The molecule has 0 aliphatic carbocycles. The number of nitrogens with two attached hydrogens (primary N) is 1. The Bertz CT molecular complexity index is 650. The summed E-state index contributed by atoms with van der Waals surface area (Å²) in [7, 11) is 0. The Kier molecular flexibility index (Phi) is 3.74. The van der Waals surface area contributed by atoms with E-state index in [1.165, 1.54) is 0 Å². The van der Waals surface area contributed by atoms with E-state index in [2.05, 4.69) is 5.10 Å². The third-order valence-electron chi connectivity index (χ3n) is 3.64. The highest BCUT2D eigenvalue weighted by Gasteiger charge is 2.26. The summed E-state index contributed by atoms with van der Waals surface area (Å²) in [5, 5.41) is 4.25. The van der Waals surface area contributed by atoms with E-state index in [1.807, 2.05) is 21.8 Å². The van der Waals surface area contributed by atoms with Gasteiger partial charge in [-0.05, 0) is 31.0 Å². The van der Waals surface area contributed by atoms with Crippen molar-refractivity contribution in [3.05, 3.63) is 40.3 Å². The Morgan fingerprint density at radius 3 is 2.81 bits per heavy atom. The van der Waals surface area contributed by atoms with Gasteiger partial charge in [0.15, 0.2) is 0 Å². The summed E-state index contributed by atoms with van der Waals surface area (Å²) in [5.74, 6) is -0.531. The van der Waals surface area contributed by atoms with Gasteiger partial charge in [-0.2, -0.15) is 5.10 Å². The third-order valence-corrected chi connectivity index (χ3v) is 4.73. The number of nitrogens with zero attached hydrogens (tertiary/aromatic N) is 3. The van der Waals surface area contributed by atoms with Gasteiger partial charge in [-0.25, -0.2) is 0 Å². The van der Waals surface area contributed by atoms with Crippen molar-refractivity contribution >= 4 is 23.2 Å². The van der Waals surface area contributed by atoms with Crippen molar-refractivity contribution in [2.24, 2.45) is 5.73 Å². The second-order valence-corrected chi connectivity index (χ2v) is 6.15. The molecule has 2 aromatic heterocycles. The SMILES string of the molecule is NC(=O)c1ccc(C(=O)N2CCCC(n3cccn3)C2)s1. The normalized spacial score (nSPS) is 18.7. The number of hydrogen-bond donors (Lipinski definition) is 1. The molecule has 1 fully saturated rings. The lowest BCUT2D eigenvalue weighted by Crippen LogP contribution is -2.40. The summed E-state index contributed by atoms with van der Waals surface area (Å²) in [6.45, 7) is 1.38. The molecule has 1 saturated heterocycles. The molecule has 6 nitrogen and oxygen atoms in total. The minimum atomic E-state index is -0.493. The average Bonchev–Trinajstić information content (AvgIpc) is 3.18. The number of thiophene rings is 1. The van der Waals surface area contributed by atoms with Gasteiger partial charge in [-0.15, -0.1) is 11.3 Å². The monoisotopic (exact) mass is 304 g/mol. The molecule has 1 aliphatic heterocycles. The van der Waals surface area contributed by atoms with Gasteiger partial charge >= 0.3 is 0 Å². The molecule has 0 aromatic carbocycles. The molecule has 0 spiro atoms. The van der Waals surface area contributed by atoms with Crippen LogP contribution >= 0.6 is 11.3 Å². The van der Waals surface area contributed by atoms with Crippen molar-refractivity contribution in [3.63, 3.8) is 0 Å². The van der Waals surface area contributed by atoms with Crippen molar-refractivity contribution in [2.45, 2.75) is 18.9 Å². The number of hydrogen-bond acceptors (Lipinski definition) is 4. The Morgan fingerprint density at radius 1 is 1.33 bits per heavy atom. The Hall–Kier alpha value is -2.15. The van der Waals surface area contributed by atoms with E-state index in [0.717, 1.165) is 30.7 Å². The molecule has 21 heavy (non-hydrogen) atoms. The topological polar surface area (TPSA) is 81.2 Å². The van der Waals surface area contributed by atoms with Gasteiger partial charge in [0, 0.05) is 25.5 Å². The fourth-order valence-electron chi connectivity index (χ4n) is 2.59. The maximum absolute atomic E-state index is 12.5. The minimum absolute atomic E-state index is 0.0376. The average molecular weight is 304 g/mol. The van der Waals surface area contributed by atoms with Gasteiger partial charge in [0.1, 0.15) is 0 Å². The molecule has 7 heteroatoms. The fraction of sp³-hybridized carbons (Fsp3) is 0.357. The van der Waals surface area contributed by atoms with Gasteiger partial charge in [-0.3, -0.25) is 14.3 Å². The van der Waals surface area contributed by atoms with Crippen LogP contribution in [0.2, 0.25) is 0 Å². The van der Waals surface area contributed by atoms with Gasteiger partial charge in [-0.1, -0.05) is 0 Å². The lowest BCUT2D eigenvalue weighted by Gasteiger charge is -2.32. The van der Waals surface area contributed by atoms with Crippen LogP contribution in [0.25, 0.3) is 0 Å². The van der Waals surface area contributed by atoms with Crippen LogP contribution in [0.3, 0.4) is 0 Å². The first-order valence-electron chi connectivity index (χ1n) is 6.83. The van der Waals surface area contributed by atoms with E-state index in [4.69, 9.17) is 5.73 Å². The predicted octanol–water partition coefficient (Wildman–Crippen LogP) is 1.52. The van der Waals surface area contributed by atoms with E-state index < -0.39 is 5.91 Å². The van der Waals surface area contributed by atoms with Crippen molar-refractivity contribution in [2.75, 3.05) is 13.1 Å². The zero-order chi connectivity index (χ0) is 14.8. The second kappa shape index (κ2) is 5.69. The summed E-state index contributed by atoms with van der Waals surface area (Å²) in [4.78, 5) is 26.4. The summed E-state index contributed by atoms with van der Waals surface area (Å²) in [6, 6.07) is 5.38. The van der Waals surface area contributed by atoms with Crippen molar-refractivity contribution < 1.29 is 9.59 Å². The van der Waals surface area contributed by atoms with Crippen LogP contribution in [0.4, 0.5) is 0 Å². The molecular weight excluding hydrogens is 288 g/mol. The fourth-order valence-corrected chi connectivity index (χ4v) is 3.42. The first-order valence-corrected chi connectivity index (χ1v) is 7.65. The molecule has 3 heterocycles. The maximum atomic E-state index is 12.5. The van der Waals surface area contributed by atoms with Gasteiger partial charge in [0.05, 0.1) is 15.8 Å². The summed E-state index contributed by atoms with van der Waals surface area (Å²) >= 11 is 1.15. The molecule has 0 bridgehead atoms. The highest BCUT2D eigenvalue weighted by atomic mass is 32.1. The Morgan fingerprint density at radius 2 is 2.14 bits per heavy atom. The molecule has 0 radical (unpaired) electrons. The molecule has 1 atom stereocenters. The Balaban J connectivity index is 1.73. The van der Waals surface area contributed by atoms with Gasteiger partial charge < -0.3 is 10.6 Å². The zero-order valence-electron chi connectivity index (χ0n) is 11.4. The lowest BCUT2D eigenvalue weighted by atomic mass is 10.1. The first-order chi connectivity index (χ1) is 10.1. The lowest BCUT2D eigenvalue weighted by molar-refractivity contribution is 0.0678. The van der Waals surface area contributed by atoms with Crippen LogP contribution in [0.15, 0.2) is 30.6 Å². The minimum Gasteiger partial charge on any atom is -0.365 e.